The third kappa shape index (κ3) is 2.73. The number of halogens is 4. The van der Waals surface area contributed by atoms with Crippen LogP contribution in [0, 0.1) is 6.92 Å². The number of benzene rings is 2. The zero-order chi connectivity index (χ0) is 15.9. The molecule has 0 aliphatic heterocycles. The van der Waals surface area contributed by atoms with Crippen molar-refractivity contribution in [2.75, 3.05) is 0 Å². The average molecular weight is 366 g/mol. The van der Waals surface area contributed by atoms with Crippen molar-refractivity contribution in [3.8, 4) is 11.1 Å². The predicted molar refractivity (Wildman–Crippen MR) is 84.6 cm³/mol. The zero-order valence-electron chi connectivity index (χ0n) is 11.6. The van der Waals surface area contributed by atoms with Crippen LogP contribution >= 0.6 is 15.9 Å². The topological polar surface area (TPSA) is 12.9 Å². The standard InChI is InChI=1S/C17H11BrF3N/c1-10-7-13-12(11-5-3-2-4-6-11)9-15(17(19,20)21)22-16(13)14(18)8-10/h2-9H,1H3. The van der Waals surface area contributed by atoms with E-state index in [4.69, 9.17) is 0 Å². The Morgan fingerprint density at radius 1 is 1.00 bits per heavy atom. The number of pyridine rings is 1. The Morgan fingerprint density at radius 3 is 2.32 bits per heavy atom. The molecule has 0 N–H and O–H groups in total. The number of hydrogen-bond acceptors (Lipinski definition) is 1. The van der Waals surface area contributed by atoms with Crippen LogP contribution in [0.1, 0.15) is 11.3 Å². The van der Waals surface area contributed by atoms with Crippen molar-refractivity contribution in [1.29, 1.82) is 0 Å². The van der Waals surface area contributed by atoms with Gasteiger partial charge in [0.15, 0.2) is 0 Å². The van der Waals surface area contributed by atoms with Crippen LogP contribution in [-0.4, -0.2) is 4.98 Å². The molecule has 0 saturated carbocycles. The third-order valence-corrected chi connectivity index (χ3v) is 3.99. The smallest absolute Gasteiger partial charge is 0.242 e. The normalized spacial score (nSPS) is 11.9. The van der Waals surface area contributed by atoms with Crippen LogP contribution in [0.15, 0.2) is 53.0 Å². The van der Waals surface area contributed by atoms with E-state index in [1.165, 1.54) is 0 Å². The minimum atomic E-state index is -4.48. The molecule has 0 fully saturated rings. The number of fused-ring (bicyclic) bond motifs is 1. The van der Waals surface area contributed by atoms with Gasteiger partial charge in [-0.15, -0.1) is 0 Å². The maximum Gasteiger partial charge on any atom is 0.433 e. The molecular weight excluding hydrogens is 355 g/mol. The highest BCUT2D eigenvalue weighted by Crippen LogP contribution is 2.37. The molecule has 5 heteroatoms. The minimum absolute atomic E-state index is 0.319. The van der Waals surface area contributed by atoms with Crippen LogP contribution in [0.5, 0.6) is 0 Å². The van der Waals surface area contributed by atoms with E-state index >= 15 is 0 Å². The van der Waals surface area contributed by atoms with Crippen molar-refractivity contribution in [2.45, 2.75) is 13.1 Å². The van der Waals surface area contributed by atoms with E-state index in [0.29, 0.717) is 20.9 Å². The summed E-state index contributed by atoms with van der Waals surface area (Å²) in [7, 11) is 0. The first-order valence-corrected chi connectivity index (χ1v) is 7.39. The lowest BCUT2D eigenvalue weighted by Crippen LogP contribution is -2.08. The SMILES string of the molecule is Cc1cc(Br)c2nc(C(F)(F)F)cc(-c3ccccc3)c2c1. The molecule has 0 aliphatic carbocycles. The fourth-order valence-electron chi connectivity index (χ4n) is 2.42. The van der Waals surface area contributed by atoms with E-state index < -0.39 is 11.9 Å². The Hall–Kier alpha value is -1.88. The number of alkyl halides is 3. The van der Waals surface area contributed by atoms with Gasteiger partial charge in [-0.2, -0.15) is 13.2 Å². The van der Waals surface area contributed by atoms with Gasteiger partial charge in [-0.3, -0.25) is 0 Å². The number of hydrogen-bond donors (Lipinski definition) is 0. The molecule has 1 nitrogen and oxygen atoms in total. The summed E-state index contributed by atoms with van der Waals surface area (Å²) in [6.45, 7) is 1.90. The summed E-state index contributed by atoms with van der Waals surface area (Å²) in [5, 5.41) is 0.700. The second kappa shape index (κ2) is 5.39. The lowest BCUT2D eigenvalue weighted by atomic mass is 9.99. The molecule has 0 unspecified atom stereocenters. The number of aryl methyl sites for hydroxylation is 1. The lowest BCUT2D eigenvalue weighted by Gasteiger charge is -2.13. The lowest BCUT2D eigenvalue weighted by molar-refractivity contribution is -0.140. The summed E-state index contributed by atoms with van der Waals surface area (Å²) in [5.74, 6) is 0. The summed E-state index contributed by atoms with van der Waals surface area (Å²) in [4.78, 5) is 3.80. The Kier molecular flexibility index (Phi) is 3.68. The van der Waals surface area contributed by atoms with Gasteiger partial charge in [-0.25, -0.2) is 4.98 Å². The van der Waals surface area contributed by atoms with Gasteiger partial charge in [0.2, 0.25) is 0 Å². The van der Waals surface area contributed by atoms with Crippen LogP contribution in [0.2, 0.25) is 0 Å². The van der Waals surface area contributed by atoms with Gasteiger partial charge in [0, 0.05) is 9.86 Å². The number of rotatable bonds is 1. The number of aromatic nitrogens is 1. The molecular formula is C17H11BrF3N. The Balaban J connectivity index is 2.42. The van der Waals surface area contributed by atoms with Gasteiger partial charge in [-0.05, 0) is 57.7 Å². The van der Waals surface area contributed by atoms with E-state index in [1.807, 2.05) is 19.1 Å². The van der Waals surface area contributed by atoms with Crippen LogP contribution in [0.4, 0.5) is 13.2 Å². The summed E-state index contributed by atoms with van der Waals surface area (Å²) in [5.41, 5.74) is 1.65. The van der Waals surface area contributed by atoms with E-state index in [9.17, 15) is 13.2 Å². The molecule has 0 spiro atoms. The molecule has 0 saturated heterocycles. The first-order chi connectivity index (χ1) is 10.4. The summed E-state index contributed by atoms with van der Waals surface area (Å²) < 4.78 is 40.0. The predicted octanol–water partition coefficient (Wildman–Crippen LogP) is 5.99. The highest BCUT2D eigenvalue weighted by molar-refractivity contribution is 9.10. The first-order valence-electron chi connectivity index (χ1n) is 6.60. The largest absolute Gasteiger partial charge is 0.433 e. The first kappa shape index (κ1) is 15.0. The van der Waals surface area contributed by atoms with Gasteiger partial charge >= 0.3 is 6.18 Å². The van der Waals surface area contributed by atoms with Crippen LogP contribution < -0.4 is 0 Å². The Morgan fingerprint density at radius 2 is 1.68 bits per heavy atom. The quantitative estimate of drug-likeness (QED) is 0.515. The molecule has 112 valence electrons. The van der Waals surface area contributed by atoms with E-state index in [-0.39, 0.29) is 0 Å². The molecule has 3 aromatic rings. The maximum atomic E-state index is 13.1. The van der Waals surface area contributed by atoms with Gasteiger partial charge in [0.05, 0.1) is 5.52 Å². The molecule has 22 heavy (non-hydrogen) atoms. The van der Waals surface area contributed by atoms with Crippen molar-refractivity contribution in [2.24, 2.45) is 0 Å². The Bertz CT molecular complexity index is 842. The molecule has 1 heterocycles. The van der Waals surface area contributed by atoms with Gasteiger partial charge in [0.25, 0.3) is 0 Å². The van der Waals surface area contributed by atoms with Crippen molar-refractivity contribution >= 4 is 26.8 Å². The van der Waals surface area contributed by atoms with Crippen molar-refractivity contribution in [3.63, 3.8) is 0 Å². The van der Waals surface area contributed by atoms with Crippen molar-refractivity contribution in [1.82, 2.24) is 4.98 Å². The summed E-state index contributed by atoms with van der Waals surface area (Å²) >= 11 is 3.33. The monoisotopic (exact) mass is 365 g/mol. The fourth-order valence-corrected chi connectivity index (χ4v) is 3.09. The zero-order valence-corrected chi connectivity index (χ0v) is 13.2. The second-order valence-corrected chi connectivity index (χ2v) is 5.92. The molecule has 0 aliphatic rings. The molecule has 3 rings (SSSR count). The molecule has 0 amide bonds. The summed E-state index contributed by atoms with van der Waals surface area (Å²) in [6, 6.07) is 13.8. The minimum Gasteiger partial charge on any atom is -0.242 e. The van der Waals surface area contributed by atoms with Gasteiger partial charge in [0.1, 0.15) is 5.69 Å². The Labute approximate surface area is 133 Å². The fraction of sp³-hybridized carbons (Fsp3) is 0.118. The van der Waals surface area contributed by atoms with Crippen LogP contribution in [0.3, 0.4) is 0 Å². The third-order valence-electron chi connectivity index (χ3n) is 3.39. The van der Waals surface area contributed by atoms with Crippen molar-refractivity contribution in [3.05, 3.63) is 64.3 Å². The molecule has 0 bridgehead atoms. The average Bonchev–Trinajstić information content (AvgIpc) is 2.46. The molecule has 1 aromatic heterocycles. The van der Waals surface area contributed by atoms with Gasteiger partial charge < -0.3 is 0 Å². The molecule has 0 atom stereocenters. The molecule has 0 radical (unpaired) electrons. The highest BCUT2D eigenvalue weighted by atomic mass is 79.9. The van der Waals surface area contributed by atoms with Crippen LogP contribution in [-0.2, 0) is 6.18 Å². The summed E-state index contributed by atoms with van der Waals surface area (Å²) in [6.07, 6.45) is -4.48. The van der Waals surface area contributed by atoms with Crippen LogP contribution in [0.25, 0.3) is 22.0 Å². The number of nitrogens with zero attached hydrogens (tertiary/aromatic N) is 1. The molecule has 2 aromatic carbocycles. The highest BCUT2D eigenvalue weighted by Gasteiger charge is 2.33. The van der Waals surface area contributed by atoms with E-state index in [1.54, 1.807) is 30.3 Å². The van der Waals surface area contributed by atoms with E-state index in [0.717, 1.165) is 17.2 Å². The second-order valence-electron chi connectivity index (χ2n) is 5.06. The maximum absolute atomic E-state index is 13.1. The van der Waals surface area contributed by atoms with E-state index in [2.05, 4.69) is 20.9 Å². The van der Waals surface area contributed by atoms with Gasteiger partial charge in [-0.1, -0.05) is 30.3 Å². The van der Waals surface area contributed by atoms with Crippen molar-refractivity contribution < 1.29 is 13.2 Å².